The third-order valence-corrected chi connectivity index (χ3v) is 0. The van der Waals surface area contributed by atoms with Crippen LogP contribution < -0.4 is 0 Å². The Balaban J connectivity index is -0.0000000200. The molecule has 0 amide bonds. The second-order valence-electron chi connectivity index (χ2n) is 0.236. The van der Waals surface area contributed by atoms with Gasteiger partial charge in [0.1, 0.15) is 6.29 Å². The van der Waals surface area contributed by atoms with Gasteiger partial charge in [-0.25, -0.2) is 0 Å². The van der Waals surface area contributed by atoms with Crippen molar-refractivity contribution in [1.29, 1.82) is 0 Å². The summed E-state index contributed by atoms with van der Waals surface area (Å²) in [6, 6.07) is 0. The Kier molecular flexibility index (Phi) is 68.3. The van der Waals surface area contributed by atoms with E-state index in [1.807, 2.05) is 0 Å². The van der Waals surface area contributed by atoms with Crippen LogP contribution in [0.4, 0.5) is 0 Å². The molecule has 30 valence electrons. The Morgan fingerprint density at radius 1 is 1.40 bits per heavy atom. The quantitative estimate of drug-likeness (QED) is 0.313. The van der Waals surface area contributed by atoms with Crippen LogP contribution in [-0.4, -0.2) is 45.9 Å². The molecule has 3 heteroatoms. The minimum atomic E-state index is 0. The SMILES string of the molecule is CC=O.[GaH3].[GaH3]. The van der Waals surface area contributed by atoms with Crippen LogP contribution in [0.1, 0.15) is 6.92 Å². The van der Waals surface area contributed by atoms with E-state index in [-0.39, 0.29) is 39.6 Å². The van der Waals surface area contributed by atoms with Crippen LogP contribution in [0.3, 0.4) is 0 Å². The topological polar surface area (TPSA) is 17.1 Å². The summed E-state index contributed by atoms with van der Waals surface area (Å²) in [6.45, 7) is 1.44. The fourth-order valence-electron chi connectivity index (χ4n) is 0. The van der Waals surface area contributed by atoms with Crippen molar-refractivity contribution in [3.8, 4) is 0 Å². The van der Waals surface area contributed by atoms with Crippen molar-refractivity contribution in [2.45, 2.75) is 6.92 Å². The van der Waals surface area contributed by atoms with Gasteiger partial charge >= 0.3 is 39.6 Å². The maximum absolute atomic E-state index is 8.81. The van der Waals surface area contributed by atoms with E-state index in [1.165, 1.54) is 6.92 Å². The van der Waals surface area contributed by atoms with Gasteiger partial charge in [0, 0.05) is 0 Å². The normalized spacial score (nSPS) is 2.60. The van der Waals surface area contributed by atoms with Crippen molar-refractivity contribution >= 4 is 45.9 Å². The van der Waals surface area contributed by atoms with Gasteiger partial charge in [-0.3, -0.25) is 0 Å². The molecule has 0 unspecified atom stereocenters. The molecule has 5 heavy (non-hydrogen) atoms. The van der Waals surface area contributed by atoms with Crippen LogP contribution in [-0.2, 0) is 4.79 Å². The zero-order valence-electron chi connectivity index (χ0n) is 1.99. The minimum absolute atomic E-state index is 0. The standard InChI is InChI=1S/C2H4O.2Ga.6H/c1-2-3;;;;;;;;/h2H,1H3;;;;;;;;. The molecule has 0 aromatic carbocycles. The molecular formula is C2H10Ga2O. The zero-order valence-corrected chi connectivity index (χ0v) is 1.99. The molecular weight excluding hydrogens is 179 g/mol. The summed E-state index contributed by atoms with van der Waals surface area (Å²) in [5.41, 5.74) is 0. The van der Waals surface area contributed by atoms with E-state index in [4.69, 9.17) is 4.79 Å². The molecule has 0 rings (SSSR count). The van der Waals surface area contributed by atoms with Crippen LogP contribution in [0.25, 0.3) is 0 Å². The van der Waals surface area contributed by atoms with E-state index in [2.05, 4.69) is 0 Å². The average molecular weight is 190 g/mol. The van der Waals surface area contributed by atoms with Gasteiger partial charge < -0.3 is 4.79 Å². The number of hydrogen-bond acceptors (Lipinski definition) is 1. The van der Waals surface area contributed by atoms with Crippen LogP contribution in [0.15, 0.2) is 0 Å². The molecule has 0 atom stereocenters. The number of hydrogen-bond donors (Lipinski definition) is 0. The first-order valence-electron chi connectivity index (χ1n) is 0.813. The Morgan fingerprint density at radius 2 is 1.40 bits per heavy atom. The van der Waals surface area contributed by atoms with Crippen LogP contribution >= 0.6 is 0 Å². The first kappa shape index (κ1) is 16.8. The van der Waals surface area contributed by atoms with E-state index in [9.17, 15) is 0 Å². The summed E-state index contributed by atoms with van der Waals surface area (Å²) in [6.07, 6.45) is 0.750. The number of carbonyl (C=O) groups is 1. The molecule has 0 bridgehead atoms. The van der Waals surface area contributed by atoms with Crippen molar-refractivity contribution in [3.05, 3.63) is 0 Å². The van der Waals surface area contributed by atoms with Gasteiger partial charge in [0.25, 0.3) is 0 Å². The molecule has 1 nitrogen and oxygen atoms in total. The number of aldehydes is 1. The molecule has 0 N–H and O–H groups in total. The Bertz CT molecular complexity index is 15.1. The van der Waals surface area contributed by atoms with Crippen molar-refractivity contribution in [2.24, 2.45) is 0 Å². The van der Waals surface area contributed by atoms with Crippen molar-refractivity contribution in [3.63, 3.8) is 0 Å². The molecule has 0 saturated carbocycles. The van der Waals surface area contributed by atoms with Gasteiger partial charge in [-0.1, -0.05) is 0 Å². The first-order chi connectivity index (χ1) is 1.41. The predicted molar refractivity (Wildman–Crippen MR) is 31.6 cm³/mol. The Labute approximate surface area is 57.6 Å². The van der Waals surface area contributed by atoms with E-state index < -0.39 is 0 Å². The van der Waals surface area contributed by atoms with E-state index in [0.29, 0.717) is 0 Å². The maximum atomic E-state index is 8.81. The first-order valence-corrected chi connectivity index (χ1v) is 0.813. The Morgan fingerprint density at radius 3 is 1.40 bits per heavy atom. The molecule has 0 aliphatic heterocycles. The van der Waals surface area contributed by atoms with Crippen LogP contribution in [0.2, 0.25) is 0 Å². The molecule has 0 aliphatic carbocycles. The second-order valence-corrected chi connectivity index (χ2v) is 0.236. The third kappa shape index (κ3) is 48.2. The molecule has 0 saturated heterocycles. The monoisotopic (exact) mass is 188 g/mol. The molecule has 0 aromatic rings. The van der Waals surface area contributed by atoms with Gasteiger partial charge in [0.2, 0.25) is 0 Å². The molecule has 0 heterocycles. The summed E-state index contributed by atoms with van der Waals surface area (Å²) < 4.78 is 0. The fraction of sp³-hybridized carbons (Fsp3) is 0.500. The van der Waals surface area contributed by atoms with Crippen molar-refractivity contribution in [1.82, 2.24) is 0 Å². The van der Waals surface area contributed by atoms with Gasteiger partial charge in [0.15, 0.2) is 0 Å². The summed E-state index contributed by atoms with van der Waals surface area (Å²) in [4.78, 5) is 8.81. The van der Waals surface area contributed by atoms with Crippen LogP contribution in [0, 0.1) is 0 Å². The van der Waals surface area contributed by atoms with Crippen LogP contribution in [0.5, 0.6) is 0 Å². The molecule has 0 spiro atoms. The summed E-state index contributed by atoms with van der Waals surface area (Å²) >= 11 is 0. The zero-order chi connectivity index (χ0) is 2.71. The predicted octanol–water partition coefficient (Wildman–Crippen LogP) is -2.16. The summed E-state index contributed by atoms with van der Waals surface area (Å²) in [7, 11) is 0. The van der Waals surface area contributed by atoms with E-state index in [0.717, 1.165) is 6.29 Å². The second kappa shape index (κ2) is 20.4. The molecule has 0 aromatic heterocycles. The number of carbonyl (C=O) groups excluding carboxylic acids is 1. The summed E-state index contributed by atoms with van der Waals surface area (Å²) in [5.74, 6) is 0. The van der Waals surface area contributed by atoms with Crippen molar-refractivity contribution < 1.29 is 4.79 Å². The molecule has 0 radical (unpaired) electrons. The molecule has 0 aliphatic rings. The summed E-state index contributed by atoms with van der Waals surface area (Å²) in [5, 5.41) is 0. The third-order valence-electron chi connectivity index (χ3n) is 0. The van der Waals surface area contributed by atoms with Gasteiger partial charge in [-0.15, -0.1) is 0 Å². The van der Waals surface area contributed by atoms with Gasteiger partial charge in [0.05, 0.1) is 0 Å². The average Bonchev–Trinajstić information content (AvgIpc) is 0.918. The van der Waals surface area contributed by atoms with Gasteiger partial charge in [-0.2, -0.15) is 0 Å². The Hall–Kier alpha value is 0.943. The van der Waals surface area contributed by atoms with E-state index >= 15 is 0 Å². The fourth-order valence-corrected chi connectivity index (χ4v) is 0. The van der Waals surface area contributed by atoms with Crippen molar-refractivity contribution in [2.75, 3.05) is 0 Å². The van der Waals surface area contributed by atoms with E-state index in [1.54, 1.807) is 0 Å². The van der Waals surface area contributed by atoms with Gasteiger partial charge in [-0.05, 0) is 6.92 Å². The molecule has 0 fully saturated rings. The number of rotatable bonds is 0.